The molecule has 0 amide bonds. The molecule has 0 saturated carbocycles. The minimum absolute atomic E-state index is 0.194. The molecule has 0 spiro atoms. The number of allylic oxidation sites excluding steroid dienone is 1. The molecule has 1 rings (SSSR count). The van der Waals surface area contributed by atoms with Gasteiger partial charge in [-0.05, 0) is 0 Å². The number of carbonyl (C=O) groups is 2. The van der Waals surface area contributed by atoms with Crippen molar-refractivity contribution >= 4 is 31.4 Å². The number of carbonyl (C=O) groups excluding carboxylic acids is 2. The van der Waals surface area contributed by atoms with E-state index in [9.17, 15) is 9.59 Å². The second kappa shape index (κ2) is 11.1. The van der Waals surface area contributed by atoms with Gasteiger partial charge in [0.15, 0.2) is 0 Å². The molecule has 0 aliphatic carbocycles. The van der Waals surface area contributed by atoms with Gasteiger partial charge < -0.3 is 0 Å². The average Bonchev–Trinajstić information content (AvgIpc) is 2.59. The Kier molecular flexibility index (Phi) is 9.43. The number of hydrogen-bond acceptors (Lipinski definition) is 4. The number of esters is 2. The van der Waals surface area contributed by atoms with Crippen molar-refractivity contribution in [2.24, 2.45) is 5.41 Å². The first-order valence-corrected chi connectivity index (χ1v) is 10.3. The van der Waals surface area contributed by atoms with Gasteiger partial charge in [0.05, 0.1) is 0 Å². The Bertz CT molecular complexity index is 509. The zero-order chi connectivity index (χ0) is 17.8. The van der Waals surface area contributed by atoms with E-state index in [0.29, 0.717) is 19.3 Å². The van der Waals surface area contributed by atoms with Gasteiger partial charge in [0.1, 0.15) is 0 Å². The fraction of sp³-hybridized carbons (Fsp3) is 0.474. The van der Waals surface area contributed by atoms with Gasteiger partial charge in [-0.15, -0.1) is 0 Å². The zero-order valence-corrected chi connectivity index (χ0v) is 16.2. The van der Waals surface area contributed by atoms with Gasteiger partial charge in [-0.2, -0.15) is 0 Å². The van der Waals surface area contributed by atoms with Gasteiger partial charge in [-0.25, -0.2) is 0 Å². The molecule has 0 heterocycles. The summed E-state index contributed by atoms with van der Waals surface area (Å²) in [5.74, 6) is -0.955. The SMILES string of the molecule is C=CCCC(CC[Se]c1ccccc1)(C(=O)OCC)C(=O)OCC. The summed E-state index contributed by atoms with van der Waals surface area (Å²) < 4.78 is 11.7. The topological polar surface area (TPSA) is 52.6 Å². The van der Waals surface area contributed by atoms with E-state index in [1.807, 2.05) is 18.2 Å². The maximum atomic E-state index is 12.6. The van der Waals surface area contributed by atoms with Crippen LogP contribution in [0.3, 0.4) is 0 Å². The molecule has 0 fully saturated rings. The van der Waals surface area contributed by atoms with Gasteiger partial charge in [0.2, 0.25) is 0 Å². The summed E-state index contributed by atoms with van der Waals surface area (Å²) in [6, 6.07) is 10.1. The first-order chi connectivity index (χ1) is 11.6. The van der Waals surface area contributed by atoms with E-state index in [-0.39, 0.29) is 28.2 Å². The van der Waals surface area contributed by atoms with Crippen LogP contribution in [0.2, 0.25) is 5.32 Å². The van der Waals surface area contributed by atoms with Crippen molar-refractivity contribution in [2.45, 2.75) is 38.4 Å². The molecule has 24 heavy (non-hydrogen) atoms. The van der Waals surface area contributed by atoms with Crippen LogP contribution in [-0.2, 0) is 19.1 Å². The molecule has 0 aliphatic rings. The molecule has 132 valence electrons. The third-order valence-corrected chi connectivity index (χ3v) is 5.78. The standard InChI is InChI=1S/C19H26O4Se/c1-4-7-13-19(17(20)22-5-2,18(21)23-6-3)14-15-24-16-11-9-8-10-12-16/h4,8-12H,1,5-7,13-15H2,2-3H3. The van der Waals surface area contributed by atoms with Crippen molar-refractivity contribution in [2.75, 3.05) is 13.2 Å². The molecule has 0 radical (unpaired) electrons. The molecule has 0 aliphatic heterocycles. The van der Waals surface area contributed by atoms with Crippen LogP contribution in [0.15, 0.2) is 43.0 Å². The number of benzene rings is 1. The molecule has 0 atom stereocenters. The predicted octanol–water partition coefficient (Wildman–Crippen LogP) is 2.90. The molecule has 0 bridgehead atoms. The van der Waals surface area contributed by atoms with Crippen molar-refractivity contribution in [3.63, 3.8) is 0 Å². The number of hydrogen-bond donors (Lipinski definition) is 0. The number of ether oxygens (including phenoxy) is 2. The third kappa shape index (κ3) is 5.81. The second-order valence-corrected chi connectivity index (χ2v) is 7.71. The Morgan fingerprint density at radius 2 is 1.67 bits per heavy atom. The van der Waals surface area contributed by atoms with Gasteiger partial charge in [0, 0.05) is 0 Å². The molecule has 1 aromatic carbocycles. The van der Waals surface area contributed by atoms with Crippen molar-refractivity contribution in [1.82, 2.24) is 0 Å². The van der Waals surface area contributed by atoms with Crippen molar-refractivity contribution < 1.29 is 19.1 Å². The number of rotatable bonds is 11. The summed E-state index contributed by atoms with van der Waals surface area (Å²) >= 11 is 0.194. The van der Waals surface area contributed by atoms with Crippen molar-refractivity contribution in [3.05, 3.63) is 43.0 Å². The molecular formula is C19H26O4Se. The van der Waals surface area contributed by atoms with Crippen LogP contribution in [0, 0.1) is 5.41 Å². The van der Waals surface area contributed by atoms with Gasteiger partial charge >= 0.3 is 150 Å². The van der Waals surface area contributed by atoms with Gasteiger partial charge in [-0.3, -0.25) is 0 Å². The summed E-state index contributed by atoms with van der Waals surface area (Å²) in [5, 5.41) is 0.770. The van der Waals surface area contributed by atoms with Crippen LogP contribution in [-0.4, -0.2) is 40.1 Å². The molecule has 1 aromatic rings. The quantitative estimate of drug-likeness (QED) is 0.249. The van der Waals surface area contributed by atoms with E-state index in [2.05, 4.69) is 18.7 Å². The minimum atomic E-state index is -1.23. The van der Waals surface area contributed by atoms with Crippen LogP contribution in [0.4, 0.5) is 0 Å². The fourth-order valence-electron chi connectivity index (χ4n) is 2.36. The van der Waals surface area contributed by atoms with E-state index >= 15 is 0 Å². The van der Waals surface area contributed by atoms with E-state index in [0.717, 1.165) is 5.32 Å². The second-order valence-electron chi connectivity index (χ2n) is 5.26. The maximum absolute atomic E-state index is 12.6. The van der Waals surface area contributed by atoms with E-state index in [1.165, 1.54) is 4.46 Å². The molecule has 0 N–H and O–H groups in total. The molecule has 4 nitrogen and oxygen atoms in total. The van der Waals surface area contributed by atoms with E-state index < -0.39 is 17.4 Å². The summed E-state index contributed by atoms with van der Waals surface area (Å²) in [4.78, 5) is 25.2. The van der Waals surface area contributed by atoms with Crippen molar-refractivity contribution in [3.8, 4) is 0 Å². The van der Waals surface area contributed by atoms with Crippen molar-refractivity contribution in [1.29, 1.82) is 0 Å². The van der Waals surface area contributed by atoms with Gasteiger partial charge in [0.25, 0.3) is 0 Å². The molecule has 0 unspecified atom stereocenters. The summed E-state index contributed by atoms with van der Waals surface area (Å²) in [6.07, 6.45) is 3.10. The van der Waals surface area contributed by atoms with Crippen LogP contribution in [0.25, 0.3) is 0 Å². The average molecular weight is 397 g/mol. The predicted molar refractivity (Wildman–Crippen MR) is 96.4 cm³/mol. The third-order valence-electron chi connectivity index (χ3n) is 3.65. The van der Waals surface area contributed by atoms with Crippen LogP contribution in [0.1, 0.15) is 33.1 Å². The summed E-state index contributed by atoms with van der Waals surface area (Å²) in [5.41, 5.74) is -1.23. The van der Waals surface area contributed by atoms with Gasteiger partial charge in [-0.1, -0.05) is 0 Å². The Balaban J connectivity index is 2.92. The van der Waals surface area contributed by atoms with E-state index in [1.54, 1.807) is 19.9 Å². The normalized spacial score (nSPS) is 10.9. The Hall–Kier alpha value is -1.58. The summed E-state index contributed by atoms with van der Waals surface area (Å²) in [6.45, 7) is 7.69. The summed E-state index contributed by atoms with van der Waals surface area (Å²) in [7, 11) is 0. The Morgan fingerprint density at radius 1 is 1.08 bits per heavy atom. The van der Waals surface area contributed by atoms with Crippen LogP contribution in [0.5, 0.6) is 0 Å². The molecule has 0 saturated heterocycles. The monoisotopic (exact) mass is 398 g/mol. The Morgan fingerprint density at radius 3 is 2.17 bits per heavy atom. The van der Waals surface area contributed by atoms with Crippen LogP contribution >= 0.6 is 0 Å². The van der Waals surface area contributed by atoms with E-state index in [4.69, 9.17) is 9.47 Å². The first-order valence-electron chi connectivity index (χ1n) is 8.24. The first kappa shape index (κ1) is 20.5. The molecule has 5 heteroatoms. The molecule has 0 aromatic heterocycles. The fourth-order valence-corrected chi connectivity index (χ4v) is 4.54. The van der Waals surface area contributed by atoms with Crippen LogP contribution < -0.4 is 4.46 Å². The molecular weight excluding hydrogens is 371 g/mol. The Labute approximate surface area is 150 Å². The zero-order valence-electron chi connectivity index (χ0n) is 14.5.